The van der Waals surface area contributed by atoms with E-state index in [0.717, 1.165) is 0 Å². The number of pyridine rings is 1. The fourth-order valence-electron chi connectivity index (χ4n) is 0.872. The van der Waals surface area contributed by atoms with Crippen LogP contribution in [0.1, 0.15) is 18.7 Å². The zero-order chi connectivity index (χ0) is 9.14. The van der Waals surface area contributed by atoms with Gasteiger partial charge in [0.05, 0.1) is 22.9 Å². The Bertz CT molecular complexity index is 265. The van der Waals surface area contributed by atoms with Crippen LogP contribution in [0.25, 0.3) is 0 Å². The van der Waals surface area contributed by atoms with Crippen molar-refractivity contribution in [2.24, 2.45) is 5.73 Å². The van der Waals surface area contributed by atoms with Gasteiger partial charge in [-0.15, -0.1) is 0 Å². The summed E-state index contributed by atoms with van der Waals surface area (Å²) in [7, 11) is 0. The molecule has 0 saturated heterocycles. The molecule has 0 aliphatic carbocycles. The van der Waals surface area contributed by atoms with Crippen molar-refractivity contribution >= 4 is 11.6 Å². The Balaban J connectivity index is 2.94. The predicted molar refractivity (Wildman–Crippen MR) is 47.9 cm³/mol. The molecule has 1 aromatic heterocycles. The molecule has 0 aromatic carbocycles. The van der Waals surface area contributed by atoms with E-state index >= 15 is 0 Å². The molecule has 1 heterocycles. The summed E-state index contributed by atoms with van der Waals surface area (Å²) in [6, 6.07) is 2.91. The molecule has 0 unspecified atom stereocenters. The molecule has 0 bridgehead atoms. The number of rotatable bonds is 2. The molecule has 0 saturated carbocycles. The average Bonchev–Trinajstić information content (AvgIpc) is 2.04. The summed E-state index contributed by atoms with van der Waals surface area (Å²) in [5.74, 6) is 0. The van der Waals surface area contributed by atoms with Crippen LogP contribution in [0.15, 0.2) is 18.3 Å². The lowest BCUT2D eigenvalue weighted by molar-refractivity contribution is 0.162. The molecule has 12 heavy (non-hydrogen) atoms. The summed E-state index contributed by atoms with van der Waals surface area (Å²) in [5.41, 5.74) is 6.18. The van der Waals surface area contributed by atoms with E-state index < -0.39 is 12.1 Å². The van der Waals surface area contributed by atoms with Gasteiger partial charge in [-0.2, -0.15) is 0 Å². The second kappa shape index (κ2) is 3.85. The largest absolute Gasteiger partial charge is 0.391 e. The second-order valence-corrected chi connectivity index (χ2v) is 3.04. The first-order chi connectivity index (χ1) is 5.63. The number of hydrogen-bond donors (Lipinski definition) is 2. The van der Waals surface area contributed by atoms with Crippen molar-refractivity contribution in [2.75, 3.05) is 0 Å². The molecule has 0 radical (unpaired) electrons. The fraction of sp³-hybridized carbons (Fsp3) is 0.375. The zero-order valence-electron chi connectivity index (χ0n) is 6.74. The number of hydrogen-bond acceptors (Lipinski definition) is 3. The van der Waals surface area contributed by atoms with Gasteiger partial charge in [0.25, 0.3) is 0 Å². The monoisotopic (exact) mass is 186 g/mol. The van der Waals surface area contributed by atoms with Gasteiger partial charge >= 0.3 is 0 Å². The zero-order valence-corrected chi connectivity index (χ0v) is 7.49. The lowest BCUT2D eigenvalue weighted by atomic mass is 10.1. The minimum absolute atomic E-state index is 0.492. The van der Waals surface area contributed by atoms with E-state index in [0.29, 0.717) is 10.7 Å². The van der Waals surface area contributed by atoms with Gasteiger partial charge in [-0.3, -0.25) is 4.98 Å². The fourth-order valence-corrected chi connectivity index (χ4v) is 1.12. The summed E-state index contributed by atoms with van der Waals surface area (Å²) in [5, 5.41) is 9.67. The first-order valence-electron chi connectivity index (χ1n) is 3.67. The minimum atomic E-state index is -0.641. The molecule has 3 N–H and O–H groups in total. The second-order valence-electron chi connectivity index (χ2n) is 2.64. The van der Waals surface area contributed by atoms with Gasteiger partial charge < -0.3 is 10.8 Å². The van der Waals surface area contributed by atoms with Crippen LogP contribution >= 0.6 is 11.6 Å². The molecule has 0 aliphatic heterocycles. The highest BCUT2D eigenvalue weighted by Crippen LogP contribution is 2.20. The highest BCUT2D eigenvalue weighted by molar-refractivity contribution is 6.31. The smallest absolute Gasteiger partial charge is 0.0783 e. The minimum Gasteiger partial charge on any atom is -0.391 e. The van der Waals surface area contributed by atoms with Crippen LogP contribution in [0, 0.1) is 0 Å². The number of halogens is 1. The Hall–Kier alpha value is -0.640. The first kappa shape index (κ1) is 9.45. The van der Waals surface area contributed by atoms with Gasteiger partial charge in [-0.1, -0.05) is 11.6 Å². The van der Waals surface area contributed by atoms with Crippen molar-refractivity contribution in [1.29, 1.82) is 0 Å². The van der Waals surface area contributed by atoms with Crippen LogP contribution in [0.3, 0.4) is 0 Å². The van der Waals surface area contributed by atoms with E-state index in [1.54, 1.807) is 25.3 Å². The van der Waals surface area contributed by atoms with Crippen LogP contribution in [0.2, 0.25) is 5.02 Å². The van der Waals surface area contributed by atoms with E-state index in [-0.39, 0.29) is 0 Å². The number of nitrogens with two attached hydrogens (primary N) is 1. The number of aliphatic hydroxyl groups excluding tert-OH is 1. The van der Waals surface area contributed by atoms with E-state index in [2.05, 4.69) is 4.98 Å². The van der Waals surface area contributed by atoms with Crippen LogP contribution in [0.5, 0.6) is 0 Å². The van der Waals surface area contributed by atoms with Crippen LogP contribution < -0.4 is 5.73 Å². The highest BCUT2D eigenvalue weighted by Gasteiger charge is 2.15. The number of nitrogens with zero attached hydrogens (tertiary/aromatic N) is 1. The van der Waals surface area contributed by atoms with Crippen molar-refractivity contribution in [2.45, 2.75) is 19.1 Å². The molecule has 3 nitrogen and oxygen atoms in total. The van der Waals surface area contributed by atoms with Crippen LogP contribution in [0.4, 0.5) is 0 Å². The third kappa shape index (κ3) is 1.94. The van der Waals surface area contributed by atoms with E-state index in [1.807, 2.05) is 0 Å². The Labute approximate surface area is 76.2 Å². The molecular weight excluding hydrogens is 176 g/mol. The highest BCUT2D eigenvalue weighted by atomic mass is 35.5. The standard InChI is InChI=1S/C8H11ClN2O/c1-5(12)7(10)8-6(9)3-2-4-11-8/h2-5,7,12H,10H2,1H3/t5-,7-/m0/s1. The normalized spacial score (nSPS) is 15.7. The van der Waals surface area contributed by atoms with Crippen LogP contribution in [-0.2, 0) is 0 Å². The molecule has 66 valence electrons. The predicted octanol–water partition coefficient (Wildman–Crippen LogP) is 1.12. The molecule has 2 atom stereocenters. The number of aromatic nitrogens is 1. The lowest BCUT2D eigenvalue weighted by Gasteiger charge is -2.14. The Kier molecular flexibility index (Phi) is 3.03. The quantitative estimate of drug-likeness (QED) is 0.728. The first-order valence-corrected chi connectivity index (χ1v) is 4.04. The average molecular weight is 187 g/mol. The van der Waals surface area contributed by atoms with E-state index in [9.17, 15) is 5.11 Å². The molecule has 0 aliphatic rings. The van der Waals surface area contributed by atoms with Gasteiger partial charge in [-0.25, -0.2) is 0 Å². The molecule has 0 amide bonds. The topological polar surface area (TPSA) is 59.1 Å². The third-order valence-electron chi connectivity index (χ3n) is 1.62. The SMILES string of the molecule is C[C@H](O)[C@H](N)c1ncccc1Cl. The maximum atomic E-state index is 9.18. The summed E-state index contributed by atoms with van der Waals surface area (Å²) in [4.78, 5) is 3.98. The maximum Gasteiger partial charge on any atom is 0.0783 e. The Morgan fingerprint density at radius 1 is 1.67 bits per heavy atom. The molecular formula is C8H11ClN2O. The molecule has 0 spiro atoms. The summed E-state index contributed by atoms with van der Waals surface area (Å²) >= 11 is 5.81. The van der Waals surface area contributed by atoms with Crippen molar-refractivity contribution in [3.63, 3.8) is 0 Å². The number of aliphatic hydroxyl groups is 1. The third-order valence-corrected chi connectivity index (χ3v) is 1.94. The summed E-state index contributed by atoms with van der Waals surface area (Å²) in [6.07, 6.45) is 0.959. The van der Waals surface area contributed by atoms with Gasteiger partial charge in [0.2, 0.25) is 0 Å². The molecule has 1 rings (SSSR count). The Morgan fingerprint density at radius 2 is 2.33 bits per heavy atom. The lowest BCUT2D eigenvalue weighted by Crippen LogP contribution is -2.24. The van der Waals surface area contributed by atoms with E-state index in [4.69, 9.17) is 17.3 Å². The van der Waals surface area contributed by atoms with Gasteiger partial charge in [0.15, 0.2) is 0 Å². The van der Waals surface area contributed by atoms with Gasteiger partial charge in [-0.05, 0) is 19.1 Å². The van der Waals surface area contributed by atoms with Crippen molar-refractivity contribution < 1.29 is 5.11 Å². The summed E-state index contributed by atoms with van der Waals surface area (Å²) in [6.45, 7) is 1.61. The van der Waals surface area contributed by atoms with Gasteiger partial charge in [0.1, 0.15) is 0 Å². The van der Waals surface area contributed by atoms with Crippen LogP contribution in [-0.4, -0.2) is 16.2 Å². The van der Waals surface area contributed by atoms with Crippen molar-refractivity contribution in [3.05, 3.63) is 29.0 Å². The molecule has 1 aromatic rings. The van der Waals surface area contributed by atoms with Crippen molar-refractivity contribution in [1.82, 2.24) is 4.98 Å². The molecule has 0 fully saturated rings. The Morgan fingerprint density at radius 3 is 2.83 bits per heavy atom. The summed E-state index contributed by atoms with van der Waals surface area (Å²) < 4.78 is 0. The van der Waals surface area contributed by atoms with Gasteiger partial charge in [0, 0.05) is 6.20 Å². The van der Waals surface area contributed by atoms with E-state index in [1.165, 1.54) is 0 Å². The van der Waals surface area contributed by atoms with Crippen molar-refractivity contribution in [3.8, 4) is 0 Å². The maximum absolute atomic E-state index is 9.18. The molecule has 4 heteroatoms.